The summed E-state index contributed by atoms with van der Waals surface area (Å²) in [6.07, 6.45) is 5.17. The van der Waals surface area contributed by atoms with Crippen LogP contribution in [0.25, 0.3) is 0 Å². The Balaban J connectivity index is 1.82. The number of amides is 1. The summed E-state index contributed by atoms with van der Waals surface area (Å²) in [6, 6.07) is 0. The summed E-state index contributed by atoms with van der Waals surface area (Å²) in [5.74, 6) is 2.96. The molecule has 0 radical (unpaired) electrons. The molecule has 1 amide bonds. The Kier molecular flexibility index (Phi) is 4.53. The summed E-state index contributed by atoms with van der Waals surface area (Å²) in [6.45, 7) is 4.29. The van der Waals surface area contributed by atoms with Crippen molar-refractivity contribution < 1.29 is 4.79 Å². The summed E-state index contributed by atoms with van der Waals surface area (Å²) in [4.78, 5) is 14.0. The molecule has 0 unspecified atom stereocenters. The molecule has 0 spiro atoms. The molecule has 0 aliphatic carbocycles. The van der Waals surface area contributed by atoms with Crippen LogP contribution in [0.15, 0.2) is 0 Å². The summed E-state index contributed by atoms with van der Waals surface area (Å²) in [5.41, 5.74) is 0. The minimum Gasteiger partial charge on any atom is -0.343 e. The van der Waals surface area contributed by atoms with Crippen LogP contribution in [-0.4, -0.2) is 49.0 Å². The third-order valence-electron chi connectivity index (χ3n) is 3.89. The van der Waals surface area contributed by atoms with Gasteiger partial charge in [-0.25, -0.2) is 0 Å². The van der Waals surface area contributed by atoms with Crippen molar-refractivity contribution in [2.75, 3.05) is 38.2 Å². The van der Waals surface area contributed by atoms with Gasteiger partial charge in [-0.2, -0.15) is 11.8 Å². The number of nitrogens with zero attached hydrogens (tertiary/aromatic N) is 1. The van der Waals surface area contributed by atoms with Crippen molar-refractivity contribution in [1.82, 2.24) is 10.2 Å². The molecule has 0 aromatic heterocycles. The molecular formula is C12H22N2OS. The molecule has 1 N–H and O–H groups in total. The zero-order valence-corrected chi connectivity index (χ0v) is 10.9. The Bertz CT molecular complexity index is 233. The van der Waals surface area contributed by atoms with E-state index in [0.29, 0.717) is 5.91 Å². The second-order valence-corrected chi connectivity index (χ2v) is 5.86. The molecule has 4 heteroatoms. The second kappa shape index (κ2) is 5.92. The number of carbonyl (C=O) groups is 1. The predicted molar refractivity (Wildman–Crippen MR) is 68.7 cm³/mol. The molecule has 92 valence electrons. The Morgan fingerprint density at radius 2 is 1.94 bits per heavy atom. The maximum Gasteiger partial charge on any atom is 0.223 e. The molecule has 0 saturated carbocycles. The van der Waals surface area contributed by atoms with Gasteiger partial charge >= 0.3 is 0 Å². The van der Waals surface area contributed by atoms with Gasteiger partial charge in [-0.05, 0) is 44.0 Å². The SMILES string of the molecule is CSCCC(=O)N1CC[C@@H]2CNC[C@@H]2CC1. The standard InChI is InChI=1S/C12H22N2OS/c1-16-7-4-12(15)14-5-2-10-8-13-9-11(10)3-6-14/h10-11,13H,2-9H2,1H3/t10-,11+. The van der Waals surface area contributed by atoms with E-state index in [1.807, 2.05) is 0 Å². The van der Waals surface area contributed by atoms with Crippen molar-refractivity contribution in [3.05, 3.63) is 0 Å². The van der Waals surface area contributed by atoms with Crippen LogP contribution >= 0.6 is 11.8 Å². The van der Waals surface area contributed by atoms with Crippen LogP contribution in [0, 0.1) is 11.8 Å². The lowest BCUT2D eigenvalue weighted by Gasteiger charge is -2.20. The van der Waals surface area contributed by atoms with Gasteiger partial charge < -0.3 is 10.2 Å². The van der Waals surface area contributed by atoms with Gasteiger partial charge in [0.15, 0.2) is 0 Å². The molecule has 2 fully saturated rings. The van der Waals surface area contributed by atoms with Crippen LogP contribution in [0.2, 0.25) is 0 Å². The molecule has 2 aliphatic heterocycles. The zero-order chi connectivity index (χ0) is 11.4. The first kappa shape index (κ1) is 12.2. The molecule has 0 aromatic rings. The lowest BCUT2D eigenvalue weighted by molar-refractivity contribution is -0.130. The quantitative estimate of drug-likeness (QED) is 0.807. The fraction of sp³-hybridized carbons (Fsp3) is 0.917. The van der Waals surface area contributed by atoms with Crippen molar-refractivity contribution in [1.29, 1.82) is 0 Å². The second-order valence-electron chi connectivity index (χ2n) is 4.88. The smallest absolute Gasteiger partial charge is 0.223 e. The summed E-state index contributed by atoms with van der Waals surface area (Å²) >= 11 is 1.76. The van der Waals surface area contributed by atoms with E-state index >= 15 is 0 Å². The molecule has 3 nitrogen and oxygen atoms in total. The minimum atomic E-state index is 0.363. The maximum absolute atomic E-state index is 11.9. The number of thioether (sulfide) groups is 1. The Morgan fingerprint density at radius 3 is 2.50 bits per heavy atom. The highest BCUT2D eigenvalue weighted by atomic mass is 32.2. The van der Waals surface area contributed by atoms with Crippen LogP contribution in [-0.2, 0) is 4.79 Å². The van der Waals surface area contributed by atoms with Crippen LogP contribution in [0.5, 0.6) is 0 Å². The van der Waals surface area contributed by atoms with Gasteiger partial charge in [-0.3, -0.25) is 4.79 Å². The molecule has 2 aliphatic rings. The molecule has 2 atom stereocenters. The van der Waals surface area contributed by atoms with Crippen LogP contribution in [0.4, 0.5) is 0 Å². The molecule has 0 aromatic carbocycles. The molecule has 2 saturated heterocycles. The fourth-order valence-corrected chi connectivity index (χ4v) is 3.19. The van der Waals surface area contributed by atoms with Gasteiger partial charge in [-0.15, -0.1) is 0 Å². The summed E-state index contributed by atoms with van der Waals surface area (Å²) in [5, 5.41) is 3.46. The molecule has 16 heavy (non-hydrogen) atoms. The zero-order valence-electron chi connectivity index (χ0n) is 10.1. The van der Waals surface area contributed by atoms with Crippen molar-refractivity contribution >= 4 is 17.7 Å². The lowest BCUT2D eigenvalue weighted by atomic mass is 9.92. The van der Waals surface area contributed by atoms with Gasteiger partial charge in [0.05, 0.1) is 0 Å². The van der Waals surface area contributed by atoms with Crippen molar-refractivity contribution in [2.45, 2.75) is 19.3 Å². The topological polar surface area (TPSA) is 32.3 Å². The predicted octanol–water partition coefficient (Wildman–Crippen LogP) is 1.20. The van der Waals surface area contributed by atoms with E-state index in [0.717, 1.165) is 50.2 Å². The van der Waals surface area contributed by atoms with Gasteiger partial charge in [-0.1, -0.05) is 0 Å². The van der Waals surface area contributed by atoms with E-state index in [4.69, 9.17) is 0 Å². The van der Waals surface area contributed by atoms with E-state index in [2.05, 4.69) is 16.5 Å². The summed E-state index contributed by atoms with van der Waals surface area (Å²) in [7, 11) is 0. The highest BCUT2D eigenvalue weighted by molar-refractivity contribution is 7.98. The molecule has 0 bridgehead atoms. The highest BCUT2D eigenvalue weighted by Gasteiger charge is 2.31. The van der Waals surface area contributed by atoms with E-state index < -0.39 is 0 Å². The average Bonchev–Trinajstić information content (AvgIpc) is 2.65. The normalized spacial score (nSPS) is 29.9. The third kappa shape index (κ3) is 2.92. The van der Waals surface area contributed by atoms with Crippen molar-refractivity contribution in [2.24, 2.45) is 11.8 Å². The maximum atomic E-state index is 11.9. The highest BCUT2D eigenvalue weighted by Crippen LogP contribution is 2.27. The van der Waals surface area contributed by atoms with Crippen LogP contribution in [0.3, 0.4) is 0 Å². The number of rotatable bonds is 3. The van der Waals surface area contributed by atoms with Gasteiger partial charge in [0, 0.05) is 25.3 Å². The Hall–Kier alpha value is -0.220. The Labute approximate surface area is 102 Å². The van der Waals surface area contributed by atoms with E-state index in [9.17, 15) is 4.79 Å². The Morgan fingerprint density at radius 1 is 1.31 bits per heavy atom. The first-order valence-corrected chi connectivity index (χ1v) is 7.68. The molecular weight excluding hydrogens is 220 g/mol. The first-order valence-electron chi connectivity index (χ1n) is 6.28. The average molecular weight is 242 g/mol. The van der Waals surface area contributed by atoms with E-state index in [-0.39, 0.29) is 0 Å². The monoisotopic (exact) mass is 242 g/mol. The number of nitrogens with one attached hydrogen (secondary N) is 1. The van der Waals surface area contributed by atoms with Gasteiger partial charge in [0.2, 0.25) is 5.91 Å². The van der Waals surface area contributed by atoms with Crippen molar-refractivity contribution in [3.8, 4) is 0 Å². The minimum absolute atomic E-state index is 0.363. The third-order valence-corrected chi connectivity index (χ3v) is 4.50. The number of hydrogen-bond acceptors (Lipinski definition) is 3. The summed E-state index contributed by atoms with van der Waals surface area (Å²) < 4.78 is 0. The van der Waals surface area contributed by atoms with Gasteiger partial charge in [0.1, 0.15) is 0 Å². The van der Waals surface area contributed by atoms with E-state index in [1.54, 1.807) is 11.8 Å². The van der Waals surface area contributed by atoms with Gasteiger partial charge in [0.25, 0.3) is 0 Å². The largest absolute Gasteiger partial charge is 0.343 e. The number of fused-ring (bicyclic) bond motifs is 1. The first-order chi connectivity index (χ1) is 7.81. The number of likely N-dealkylation sites (tertiary alicyclic amines) is 1. The molecule has 2 rings (SSSR count). The van der Waals surface area contributed by atoms with Crippen LogP contribution in [0.1, 0.15) is 19.3 Å². The number of hydrogen-bond donors (Lipinski definition) is 1. The lowest BCUT2D eigenvalue weighted by Crippen LogP contribution is -2.32. The van der Waals surface area contributed by atoms with Crippen molar-refractivity contribution in [3.63, 3.8) is 0 Å². The van der Waals surface area contributed by atoms with E-state index in [1.165, 1.54) is 12.8 Å². The number of carbonyl (C=O) groups excluding carboxylic acids is 1. The molecule has 2 heterocycles. The van der Waals surface area contributed by atoms with Crippen LogP contribution < -0.4 is 5.32 Å². The fourth-order valence-electron chi connectivity index (χ4n) is 2.81.